The van der Waals surface area contributed by atoms with Crippen LogP contribution in [0.25, 0.3) is 0 Å². The Morgan fingerprint density at radius 1 is 1.19 bits per heavy atom. The van der Waals surface area contributed by atoms with Crippen LogP contribution < -0.4 is 5.73 Å². The van der Waals surface area contributed by atoms with Crippen molar-refractivity contribution >= 4 is 0 Å². The molecular formula is C14H27NO. The van der Waals surface area contributed by atoms with Crippen LogP contribution in [0.4, 0.5) is 0 Å². The summed E-state index contributed by atoms with van der Waals surface area (Å²) in [5.41, 5.74) is 5.65. The Labute approximate surface area is 99.6 Å². The molecule has 2 nitrogen and oxygen atoms in total. The molecule has 16 heavy (non-hydrogen) atoms. The fourth-order valence-corrected chi connectivity index (χ4v) is 3.83. The van der Waals surface area contributed by atoms with Crippen molar-refractivity contribution in [3.63, 3.8) is 0 Å². The van der Waals surface area contributed by atoms with E-state index in [4.69, 9.17) is 5.73 Å². The van der Waals surface area contributed by atoms with Gasteiger partial charge in [-0.15, -0.1) is 0 Å². The van der Waals surface area contributed by atoms with Gasteiger partial charge < -0.3 is 10.8 Å². The van der Waals surface area contributed by atoms with E-state index in [1.54, 1.807) is 0 Å². The van der Waals surface area contributed by atoms with E-state index in [2.05, 4.69) is 6.92 Å². The summed E-state index contributed by atoms with van der Waals surface area (Å²) in [5, 5.41) is 10.6. The highest BCUT2D eigenvalue weighted by Gasteiger charge is 2.53. The molecule has 0 radical (unpaired) electrons. The molecule has 0 aromatic rings. The standard InChI is InChI=1S/C14H27NO/c1-2-4-12-5-9-13(11-15,10-6-12)14(16)7-3-8-14/h12,16H,2-11,15H2,1H3. The first kappa shape index (κ1) is 12.4. The van der Waals surface area contributed by atoms with Crippen molar-refractivity contribution in [2.24, 2.45) is 17.1 Å². The molecule has 2 aliphatic rings. The van der Waals surface area contributed by atoms with E-state index in [9.17, 15) is 5.11 Å². The monoisotopic (exact) mass is 225 g/mol. The van der Waals surface area contributed by atoms with Crippen LogP contribution in [0.15, 0.2) is 0 Å². The Morgan fingerprint density at radius 2 is 1.81 bits per heavy atom. The average Bonchev–Trinajstić information content (AvgIpc) is 2.28. The molecule has 0 atom stereocenters. The van der Waals surface area contributed by atoms with E-state index in [1.165, 1.54) is 32.1 Å². The third kappa shape index (κ3) is 1.91. The van der Waals surface area contributed by atoms with Crippen LogP contribution in [0.5, 0.6) is 0 Å². The Morgan fingerprint density at radius 3 is 2.19 bits per heavy atom. The highest BCUT2D eigenvalue weighted by Crippen LogP contribution is 2.54. The van der Waals surface area contributed by atoms with Gasteiger partial charge in [0.05, 0.1) is 5.60 Å². The predicted molar refractivity (Wildman–Crippen MR) is 67.2 cm³/mol. The van der Waals surface area contributed by atoms with E-state index < -0.39 is 5.60 Å². The summed E-state index contributed by atoms with van der Waals surface area (Å²) in [4.78, 5) is 0. The van der Waals surface area contributed by atoms with Gasteiger partial charge in [0.25, 0.3) is 0 Å². The summed E-state index contributed by atoms with van der Waals surface area (Å²) in [5.74, 6) is 0.897. The first-order chi connectivity index (χ1) is 7.66. The van der Waals surface area contributed by atoms with Crippen LogP contribution >= 0.6 is 0 Å². The highest BCUT2D eigenvalue weighted by atomic mass is 16.3. The van der Waals surface area contributed by atoms with Crippen molar-refractivity contribution in [1.82, 2.24) is 0 Å². The first-order valence-electron chi connectivity index (χ1n) is 7.08. The summed E-state index contributed by atoms with van der Waals surface area (Å²) >= 11 is 0. The Bertz CT molecular complexity index is 227. The van der Waals surface area contributed by atoms with Crippen LogP contribution in [-0.2, 0) is 0 Å². The van der Waals surface area contributed by atoms with Gasteiger partial charge in [-0.05, 0) is 50.9 Å². The number of hydrogen-bond donors (Lipinski definition) is 2. The lowest BCUT2D eigenvalue weighted by molar-refractivity contribution is -0.154. The molecule has 0 aromatic carbocycles. The summed E-state index contributed by atoms with van der Waals surface area (Å²) in [6.07, 6.45) is 10.7. The molecule has 0 bridgehead atoms. The van der Waals surface area contributed by atoms with E-state index in [1.807, 2.05) is 0 Å². The largest absolute Gasteiger partial charge is 0.389 e. The molecule has 0 aliphatic heterocycles. The van der Waals surface area contributed by atoms with E-state index >= 15 is 0 Å². The van der Waals surface area contributed by atoms with Crippen molar-refractivity contribution in [2.45, 2.75) is 70.3 Å². The zero-order valence-electron chi connectivity index (χ0n) is 10.7. The van der Waals surface area contributed by atoms with Crippen LogP contribution in [-0.4, -0.2) is 17.3 Å². The normalized spacial score (nSPS) is 38.1. The SMILES string of the molecule is CCCC1CCC(CN)(C2(O)CCC2)CC1. The lowest BCUT2D eigenvalue weighted by Gasteiger charge is -2.55. The maximum absolute atomic E-state index is 10.6. The molecule has 2 heteroatoms. The van der Waals surface area contributed by atoms with Crippen molar-refractivity contribution < 1.29 is 5.11 Å². The van der Waals surface area contributed by atoms with Crippen molar-refractivity contribution in [2.75, 3.05) is 6.54 Å². The Balaban J connectivity index is 1.97. The maximum atomic E-state index is 10.6. The Kier molecular flexibility index (Phi) is 3.60. The third-order valence-electron chi connectivity index (χ3n) is 5.32. The second-order valence-electron chi connectivity index (χ2n) is 6.10. The number of aliphatic hydroxyl groups is 1. The quantitative estimate of drug-likeness (QED) is 0.773. The molecule has 3 N–H and O–H groups in total. The smallest absolute Gasteiger partial charge is 0.0715 e. The second-order valence-corrected chi connectivity index (χ2v) is 6.10. The molecule has 2 aliphatic carbocycles. The minimum Gasteiger partial charge on any atom is -0.389 e. The summed E-state index contributed by atoms with van der Waals surface area (Å²) in [6.45, 7) is 2.95. The van der Waals surface area contributed by atoms with E-state index in [-0.39, 0.29) is 5.41 Å². The maximum Gasteiger partial charge on any atom is 0.0715 e. The second kappa shape index (κ2) is 4.66. The van der Waals surface area contributed by atoms with Crippen LogP contribution in [0, 0.1) is 11.3 Å². The third-order valence-corrected chi connectivity index (χ3v) is 5.32. The summed E-state index contributed by atoms with van der Waals surface area (Å²) in [7, 11) is 0. The van der Waals surface area contributed by atoms with Gasteiger partial charge in [0.15, 0.2) is 0 Å². The molecule has 2 fully saturated rings. The zero-order valence-corrected chi connectivity index (χ0v) is 10.7. The fraction of sp³-hybridized carbons (Fsp3) is 1.00. The Hall–Kier alpha value is -0.0800. The number of rotatable bonds is 4. The average molecular weight is 225 g/mol. The van der Waals surface area contributed by atoms with Gasteiger partial charge in [-0.3, -0.25) is 0 Å². The van der Waals surface area contributed by atoms with Gasteiger partial charge in [-0.25, -0.2) is 0 Å². The van der Waals surface area contributed by atoms with Gasteiger partial charge >= 0.3 is 0 Å². The van der Waals surface area contributed by atoms with Crippen LogP contribution in [0.2, 0.25) is 0 Å². The topological polar surface area (TPSA) is 46.2 Å². The molecule has 2 saturated carbocycles. The minimum absolute atomic E-state index is 0.0650. The summed E-state index contributed by atoms with van der Waals surface area (Å²) in [6, 6.07) is 0. The van der Waals surface area contributed by atoms with Gasteiger partial charge in [0, 0.05) is 12.0 Å². The van der Waals surface area contributed by atoms with Crippen molar-refractivity contribution in [3.05, 3.63) is 0 Å². The molecule has 0 aromatic heterocycles. The molecule has 0 unspecified atom stereocenters. The first-order valence-corrected chi connectivity index (χ1v) is 7.08. The molecule has 0 amide bonds. The van der Waals surface area contributed by atoms with E-state index in [0.29, 0.717) is 6.54 Å². The molecule has 94 valence electrons. The predicted octanol–water partition coefficient (Wildman–Crippen LogP) is 2.84. The molecule has 0 saturated heterocycles. The van der Waals surface area contributed by atoms with Crippen molar-refractivity contribution in [1.29, 1.82) is 0 Å². The number of nitrogens with two attached hydrogens (primary N) is 1. The highest BCUT2D eigenvalue weighted by molar-refractivity contribution is 5.06. The molecule has 0 spiro atoms. The van der Waals surface area contributed by atoms with Crippen LogP contribution in [0.1, 0.15) is 64.7 Å². The molecular weight excluding hydrogens is 198 g/mol. The van der Waals surface area contributed by atoms with Gasteiger partial charge in [-0.2, -0.15) is 0 Å². The lowest BCUT2D eigenvalue weighted by Crippen LogP contribution is -2.58. The molecule has 2 rings (SSSR count). The van der Waals surface area contributed by atoms with Gasteiger partial charge in [0.1, 0.15) is 0 Å². The van der Waals surface area contributed by atoms with E-state index in [0.717, 1.165) is 31.6 Å². The lowest BCUT2D eigenvalue weighted by atomic mass is 9.54. The summed E-state index contributed by atoms with van der Waals surface area (Å²) < 4.78 is 0. The van der Waals surface area contributed by atoms with Gasteiger partial charge in [0.2, 0.25) is 0 Å². The van der Waals surface area contributed by atoms with Gasteiger partial charge in [-0.1, -0.05) is 19.8 Å². The fourth-order valence-electron chi connectivity index (χ4n) is 3.83. The van der Waals surface area contributed by atoms with Crippen LogP contribution in [0.3, 0.4) is 0 Å². The van der Waals surface area contributed by atoms with Crippen molar-refractivity contribution in [3.8, 4) is 0 Å². The zero-order chi connectivity index (χ0) is 11.6. The minimum atomic E-state index is -0.404. The molecule has 0 heterocycles. The number of hydrogen-bond acceptors (Lipinski definition) is 2.